The number of aliphatic hydroxyl groups is 1. The van der Waals surface area contributed by atoms with Crippen LogP contribution in [-0.2, 0) is 4.79 Å². The maximum Gasteiger partial charge on any atom is 0.155 e. The third-order valence-electron chi connectivity index (χ3n) is 7.94. The number of ketones is 1. The van der Waals surface area contributed by atoms with Crippen molar-refractivity contribution in [1.82, 2.24) is 0 Å². The summed E-state index contributed by atoms with van der Waals surface area (Å²) in [5.41, 5.74) is 1.48. The molecule has 3 saturated carbocycles. The summed E-state index contributed by atoms with van der Waals surface area (Å²) < 4.78 is 0. The molecule has 0 aliphatic heterocycles. The fraction of sp³-hybridized carbons (Fsp3) is 0.682. The van der Waals surface area contributed by atoms with Gasteiger partial charge >= 0.3 is 0 Å². The predicted octanol–water partition coefficient (Wildman–Crippen LogP) is 4.05. The summed E-state index contributed by atoms with van der Waals surface area (Å²) in [4.78, 5) is 11.8. The third kappa shape index (κ3) is 1.91. The van der Waals surface area contributed by atoms with Crippen LogP contribution in [0.2, 0.25) is 0 Å². The van der Waals surface area contributed by atoms with E-state index in [-0.39, 0.29) is 5.41 Å². The molecule has 0 heterocycles. The van der Waals surface area contributed by atoms with Crippen LogP contribution in [0.5, 0.6) is 0 Å². The second-order valence-corrected chi connectivity index (χ2v) is 8.55. The molecule has 0 unspecified atom stereocenters. The molecule has 4 rings (SSSR count). The van der Waals surface area contributed by atoms with Crippen LogP contribution in [0.25, 0.3) is 0 Å². The van der Waals surface area contributed by atoms with Gasteiger partial charge in [0.15, 0.2) is 5.78 Å². The van der Waals surface area contributed by atoms with E-state index in [0.29, 0.717) is 35.9 Å². The van der Waals surface area contributed by atoms with E-state index in [2.05, 4.69) is 19.4 Å². The zero-order valence-electron chi connectivity index (χ0n) is 14.7. The Kier molecular flexibility index (Phi) is 3.59. The van der Waals surface area contributed by atoms with Crippen molar-refractivity contribution in [2.45, 2.75) is 63.9 Å². The van der Waals surface area contributed by atoms with Crippen molar-refractivity contribution < 1.29 is 9.90 Å². The zero-order chi connectivity index (χ0) is 17.1. The molecule has 0 amide bonds. The van der Waals surface area contributed by atoms with E-state index in [4.69, 9.17) is 6.42 Å². The van der Waals surface area contributed by atoms with Gasteiger partial charge in [0, 0.05) is 11.8 Å². The molecule has 0 aromatic heterocycles. The van der Waals surface area contributed by atoms with Crippen molar-refractivity contribution in [1.29, 1.82) is 0 Å². The van der Waals surface area contributed by atoms with Gasteiger partial charge in [0.05, 0.1) is 0 Å². The highest BCUT2D eigenvalue weighted by Gasteiger charge is 2.64. The molecule has 3 fully saturated rings. The fourth-order valence-corrected chi connectivity index (χ4v) is 6.90. The van der Waals surface area contributed by atoms with Gasteiger partial charge in [0.25, 0.3) is 0 Å². The standard InChI is InChI=1S/C22H28O2/c1-4-21-13-14(3)20-17-9-7-16(23)12-15(17)6-8-18(20)19(21)10-11-22(21,24)5-2/h2,12,17-20,24H,3-4,6-11,13H2,1H3/t17-,18-,19+,20-,21-,22-/m0/s1. The fourth-order valence-electron chi connectivity index (χ4n) is 6.90. The second kappa shape index (κ2) is 5.33. The number of carbonyl (C=O) groups excluding carboxylic acids is 1. The maximum atomic E-state index is 11.8. The van der Waals surface area contributed by atoms with E-state index in [1.807, 2.05) is 6.08 Å². The van der Waals surface area contributed by atoms with Crippen LogP contribution in [0.1, 0.15) is 58.3 Å². The van der Waals surface area contributed by atoms with Gasteiger partial charge in [-0.2, -0.15) is 0 Å². The molecule has 2 heteroatoms. The predicted molar refractivity (Wildman–Crippen MR) is 95.0 cm³/mol. The lowest BCUT2D eigenvalue weighted by Crippen LogP contribution is -2.54. The quantitative estimate of drug-likeness (QED) is 0.583. The molecule has 1 N–H and O–H groups in total. The van der Waals surface area contributed by atoms with Gasteiger partial charge in [0.1, 0.15) is 5.60 Å². The van der Waals surface area contributed by atoms with Gasteiger partial charge in [0.2, 0.25) is 0 Å². The molecule has 4 aliphatic rings. The van der Waals surface area contributed by atoms with E-state index in [1.165, 1.54) is 11.1 Å². The van der Waals surface area contributed by atoms with Crippen molar-refractivity contribution in [3.05, 3.63) is 23.8 Å². The number of carbonyl (C=O) groups is 1. The Morgan fingerprint density at radius 1 is 1.38 bits per heavy atom. The Morgan fingerprint density at radius 3 is 2.88 bits per heavy atom. The van der Waals surface area contributed by atoms with Crippen LogP contribution in [-0.4, -0.2) is 16.5 Å². The van der Waals surface area contributed by atoms with Crippen molar-refractivity contribution in [3.8, 4) is 12.3 Å². The summed E-state index contributed by atoms with van der Waals surface area (Å²) in [6.07, 6.45) is 15.1. The first-order valence-corrected chi connectivity index (χ1v) is 9.57. The molecule has 0 aromatic rings. The normalized spacial score (nSPS) is 47.3. The lowest BCUT2D eigenvalue weighted by atomic mass is 9.48. The summed E-state index contributed by atoms with van der Waals surface area (Å²) in [5.74, 6) is 5.13. The van der Waals surface area contributed by atoms with Crippen molar-refractivity contribution in [3.63, 3.8) is 0 Å². The first kappa shape index (κ1) is 16.2. The average molecular weight is 324 g/mol. The molecule has 0 aromatic carbocycles. The molecular weight excluding hydrogens is 296 g/mol. The number of fused-ring (bicyclic) bond motifs is 5. The monoisotopic (exact) mass is 324 g/mol. The molecule has 0 bridgehead atoms. The molecule has 128 valence electrons. The Hall–Kier alpha value is -1.33. The van der Waals surface area contributed by atoms with Gasteiger partial charge < -0.3 is 5.11 Å². The zero-order valence-corrected chi connectivity index (χ0v) is 14.7. The van der Waals surface area contributed by atoms with Crippen LogP contribution in [0, 0.1) is 41.4 Å². The molecule has 0 spiro atoms. The van der Waals surface area contributed by atoms with E-state index >= 15 is 0 Å². The van der Waals surface area contributed by atoms with Crippen LogP contribution in [0.4, 0.5) is 0 Å². The van der Waals surface area contributed by atoms with Crippen LogP contribution in [0.3, 0.4) is 0 Å². The lowest BCUT2D eigenvalue weighted by molar-refractivity contribution is -0.116. The Balaban J connectivity index is 1.74. The van der Waals surface area contributed by atoms with Crippen molar-refractivity contribution in [2.24, 2.45) is 29.1 Å². The Bertz CT molecular complexity index is 666. The topological polar surface area (TPSA) is 37.3 Å². The van der Waals surface area contributed by atoms with Crippen LogP contribution in [0.15, 0.2) is 23.8 Å². The molecule has 2 nitrogen and oxygen atoms in total. The molecule has 0 saturated heterocycles. The summed E-state index contributed by atoms with van der Waals surface area (Å²) in [7, 11) is 0. The highest BCUT2D eigenvalue weighted by molar-refractivity contribution is 5.91. The van der Waals surface area contributed by atoms with E-state index in [0.717, 1.165) is 44.9 Å². The van der Waals surface area contributed by atoms with Crippen LogP contribution < -0.4 is 0 Å². The molecule has 24 heavy (non-hydrogen) atoms. The number of rotatable bonds is 1. The molecule has 4 aliphatic carbocycles. The van der Waals surface area contributed by atoms with Gasteiger partial charge in [-0.15, -0.1) is 6.42 Å². The number of terminal acetylenes is 1. The summed E-state index contributed by atoms with van der Waals surface area (Å²) in [5, 5.41) is 11.2. The molecular formula is C22H28O2. The lowest BCUT2D eigenvalue weighted by Gasteiger charge is -2.56. The first-order valence-electron chi connectivity index (χ1n) is 9.57. The summed E-state index contributed by atoms with van der Waals surface area (Å²) in [6, 6.07) is 0. The minimum Gasteiger partial charge on any atom is -0.377 e. The largest absolute Gasteiger partial charge is 0.377 e. The SMILES string of the molecule is C#C[C@]1(O)CC[C@@H]2[C@@H]3CCC4=CC(=O)CC[C@@H]4[C@@H]3C(=C)C[C@@]21CC. The Labute approximate surface area is 145 Å². The maximum absolute atomic E-state index is 11.8. The van der Waals surface area contributed by atoms with Crippen molar-refractivity contribution in [2.75, 3.05) is 0 Å². The van der Waals surface area contributed by atoms with Gasteiger partial charge in [-0.1, -0.05) is 30.6 Å². The first-order chi connectivity index (χ1) is 11.5. The van der Waals surface area contributed by atoms with E-state index < -0.39 is 5.60 Å². The van der Waals surface area contributed by atoms with Crippen molar-refractivity contribution >= 4 is 5.78 Å². The van der Waals surface area contributed by atoms with Crippen LogP contribution >= 0.6 is 0 Å². The smallest absolute Gasteiger partial charge is 0.155 e. The highest BCUT2D eigenvalue weighted by Crippen LogP contribution is 2.67. The number of hydrogen-bond donors (Lipinski definition) is 1. The molecule has 6 atom stereocenters. The Morgan fingerprint density at radius 2 is 2.17 bits per heavy atom. The minimum atomic E-state index is -0.973. The van der Waals surface area contributed by atoms with E-state index in [9.17, 15) is 9.90 Å². The minimum absolute atomic E-state index is 0.189. The summed E-state index contributed by atoms with van der Waals surface area (Å²) >= 11 is 0. The average Bonchev–Trinajstić information content (AvgIpc) is 2.88. The molecule has 0 radical (unpaired) electrons. The summed E-state index contributed by atoms with van der Waals surface area (Å²) in [6.45, 7) is 6.65. The van der Waals surface area contributed by atoms with Gasteiger partial charge in [-0.25, -0.2) is 0 Å². The van der Waals surface area contributed by atoms with Gasteiger partial charge in [-0.05, 0) is 74.7 Å². The van der Waals surface area contributed by atoms with E-state index in [1.54, 1.807) is 0 Å². The second-order valence-electron chi connectivity index (χ2n) is 8.55. The third-order valence-corrected chi connectivity index (χ3v) is 7.94. The van der Waals surface area contributed by atoms with Gasteiger partial charge in [-0.3, -0.25) is 4.79 Å². The highest BCUT2D eigenvalue weighted by atomic mass is 16.3. The number of allylic oxidation sites excluding steroid dienone is 2. The number of hydrogen-bond acceptors (Lipinski definition) is 2.